The first kappa shape index (κ1) is 17.0. The SMILES string of the molecule is Cc1cc(C)cc(-c2nnc(SCC(=O)N3CCCC(C)C3)o2)c1. The molecular weight excluding hydrogens is 322 g/mol. The number of aryl methyl sites for hydroxylation is 2. The molecule has 1 atom stereocenters. The number of aromatic nitrogens is 2. The number of benzene rings is 1. The highest BCUT2D eigenvalue weighted by Gasteiger charge is 2.21. The number of rotatable bonds is 4. The maximum atomic E-state index is 12.3. The molecule has 1 aliphatic heterocycles. The van der Waals surface area contributed by atoms with Crippen molar-refractivity contribution in [2.24, 2.45) is 5.92 Å². The molecule has 2 heterocycles. The van der Waals surface area contributed by atoms with Crippen molar-refractivity contribution >= 4 is 17.7 Å². The summed E-state index contributed by atoms with van der Waals surface area (Å²) >= 11 is 1.32. The molecule has 5 nitrogen and oxygen atoms in total. The van der Waals surface area contributed by atoms with Gasteiger partial charge in [-0.1, -0.05) is 35.9 Å². The molecule has 0 bridgehead atoms. The number of piperidine rings is 1. The molecule has 1 aromatic carbocycles. The van der Waals surface area contributed by atoms with Crippen LogP contribution in [0.3, 0.4) is 0 Å². The highest BCUT2D eigenvalue weighted by molar-refractivity contribution is 7.99. The van der Waals surface area contributed by atoms with Gasteiger partial charge < -0.3 is 9.32 Å². The number of thioether (sulfide) groups is 1. The molecule has 0 N–H and O–H groups in total. The minimum atomic E-state index is 0.151. The fourth-order valence-electron chi connectivity index (χ4n) is 3.11. The van der Waals surface area contributed by atoms with E-state index in [9.17, 15) is 4.79 Å². The van der Waals surface area contributed by atoms with Crippen molar-refractivity contribution in [3.05, 3.63) is 29.3 Å². The Hall–Kier alpha value is -1.82. The van der Waals surface area contributed by atoms with Gasteiger partial charge in [0.15, 0.2) is 0 Å². The molecular formula is C18H23N3O2S. The first-order valence-corrected chi connectivity index (χ1v) is 9.32. The molecule has 1 aliphatic rings. The largest absolute Gasteiger partial charge is 0.411 e. The van der Waals surface area contributed by atoms with E-state index in [0.717, 1.165) is 36.2 Å². The first-order chi connectivity index (χ1) is 11.5. The fraction of sp³-hybridized carbons (Fsp3) is 0.500. The van der Waals surface area contributed by atoms with Crippen LogP contribution >= 0.6 is 11.8 Å². The van der Waals surface area contributed by atoms with Crippen LogP contribution in [0.2, 0.25) is 0 Å². The quantitative estimate of drug-likeness (QED) is 0.791. The molecule has 0 spiro atoms. The summed E-state index contributed by atoms with van der Waals surface area (Å²) in [6.45, 7) is 8.00. The smallest absolute Gasteiger partial charge is 0.277 e. The second kappa shape index (κ2) is 7.38. The van der Waals surface area contributed by atoms with Crippen molar-refractivity contribution < 1.29 is 9.21 Å². The van der Waals surface area contributed by atoms with Gasteiger partial charge in [0.2, 0.25) is 11.8 Å². The number of likely N-dealkylation sites (tertiary alicyclic amines) is 1. The predicted octanol–water partition coefficient (Wildman–Crippen LogP) is 3.70. The Morgan fingerprint density at radius 1 is 1.29 bits per heavy atom. The van der Waals surface area contributed by atoms with Crippen LogP contribution in [0.15, 0.2) is 27.8 Å². The molecule has 2 aromatic rings. The molecule has 1 fully saturated rings. The molecule has 24 heavy (non-hydrogen) atoms. The van der Waals surface area contributed by atoms with Gasteiger partial charge in [-0.25, -0.2) is 0 Å². The Morgan fingerprint density at radius 3 is 2.75 bits per heavy atom. The van der Waals surface area contributed by atoms with Crippen LogP contribution in [0, 0.1) is 19.8 Å². The summed E-state index contributed by atoms with van der Waals surface area (Å²) in [5.41, 5.74) is 3.24. The van der Waals surface area contributed by atoms with E-state index in [4.69, 9.17) is 4.42 Å². The lowest BCUT2D eigenvalue weighted by Gasteiger charge is -2.30. The van der Waals surface area contributed by atoms with Crippen LogP contribution in [0.4, 0.5) is 0 Å². The zero-order chi connectivity index (χ0) is 17.1. The average molecular weight is 345 g/mol. The normalized spacial score (nSPS) is 18.0. The first-order valence-electron chi connectivity index (χ1n) is 8.34. The van der Waals surface area contributed by atoms with Crippen molar-refractivity contribution in [1.82, 2.24) is 15.1 Å². The molecule has 6 heteroatoms. The minimum Gasteiger partial charge on any atom is -0.411 e. The van der Waals surface area contributed by atoms with Gasteiger partial charge in [0.05, 0.1) is 5.75 Å². The Kier molecular flexibility index (Phi) is 5.23. The van der Waals surface area contributed by atoms with Gasteiger partial charge in [-0.2, -0.15) is 0 Å². The van der Waals surface area contributed by atoms with E-state index in [1.807, 2.05) is 30.9 Å². The lowest BCUT2D eigenvalue weighted by atomic mass is 10.0. The number of hydrogen-bond acceptors (Lipinski definition) is 5. The van der Waals surface area contributed by atoms with Gasteiger partial charge in [-0.05, 0) is 44.7 Å². The highest BCUT2D eigenvalue weighted by Crippen LogP contribution is 2.25. The van der Waals surface area contributed by atoms with E-state index in [1.165, 1.54) is 18.2 Å². The molecule has 1 unspecified atom stereocenters. The number of amides is 1. The Balaban J connectivity index is 1.61. The summed E-state index contributed by atoms with van der Waals surface area (Å²) in [7, 11) is 0. The Bertz CT molecular complexity index is 709. The van der Waals surface area contributed by atoms with Gasteiger partial charge >= 0.3 is 0 Å². The Morgan fingerprint density at radius 2 is 2.04 bits per heavy atom. The fourth-order valence-corrected chi connectivity index (χ4v) is 3.78. The number of nitrogens with zero attached hydrogens (tertiary/aromatic N) is 3. The van der Waals surface area contributed by atoms with E-state index in [0.29, 0.717) is 22.8 Å². The van der Waals surface area contributed by atoms with Crippen molar-refractivity contribution in [3.63, 3.8) is 0 Å². The van der Waals surface area contributed by atoms with Gasteiger partial charge in [0.25, 0.3) is 5.22 Å². The molecule has 0 saturated carbocycles. The standard InChI is InChI=1S/C18H23N3O2S/c1-12-5-4-6-21(10-12)16(22)11-24-18-20-19-17(23-18)15-8-13(2)7-14(3)9-15/h7-9,12H,4-6,10-11H2,1-3H3. The van der Waals surface area contributed by atoms with Gasteiger partial charge in [0.1, 0.15) is 0 Å². The van der Waals surface area contributed by atoms with E-state index >= 15 is 0 Å². The van der Waals surface area contributed by atoms with Crippen LogP contribution in [0.25, 0.3) is 11.5 Å². The van der Waals surface area contributed by atoms with Crippen molar-refractivity contribution in [3.8, 4) is 11.5 Å². The molecule has 1 aromatic heterocycles. The summed E-state index contributed by atoms with van der Waals surface area (Å²) in [4.78, 5) is 14.2. The molecule has 0 radical (unpaired) electrons. The molecule has 128 valence electrons. The van der Waals surface area contributed by atoms with Crippen LogP contribution in [-0.2, 0) is 4.79 Å². The predicted molar refractivity (Wildman–Crippen MR) is 94.9 cm³/mol. The third-order valence-electron chi connectivity index (χ3n) is 4.20. The lowest BCUT2D eigenvalue weighted by Crippen LogP contribution is -2.40. The third-order valence-corrected chi connectivity index (χ3v) is 5.01. The summed E-state index contributed by atoms with van der Waals surface area (Å²) < 4.78 is 5.71. The van der Waals surface area contributed by atoms with E-state index < -0.39 is 0 Å². The number of carbonyl (C=O) groups is 1. The Labute approximate surface area is 146 Å². The zero-order valence-electron chi connectivity index (χ0n) is 14.4. The lowest BCUT2D eigenvalue weighted by molar-refractivity contribution is -0.130. The van der Waals surface area contributed by atoms with Crippen LogP contribution in [-0.4, -0.2) is 39.8 Å². The summed E-state index contributed by atoms with van der Waals surface area (Å²) in [6, 6.07) is 6.15. The zero-order valence-corrected chi connectivity index (χ0v) is 15.2. The summed E-state index contributed by atoms with van der Waals surface area (Å²) in [5, 5.41) is 8.62. The summed E-state index contributed by atoms with van der Waals surface area (Å²) in [5.74, 6) is 1.59. The van der Waals surface area contributed by atoms with Crippen LogP contribution in [0.5, 0.6) is 0 Å². The second-order valence-corrected chi connectivity index (χ2v) is 7.55. The maximum absolute atomic E-state index is 12.3. The molecule has 1 saturated heterocycles. The van der Waals surface area contributed by atoms with E-state index in [1.54, 1.807) is 0 Å². The minimum absolute atomic E-state index is 0.151. The summed E-state index contributed by atoms with van der Waals surface area (Å²) in [6.07, 6.45) is 2.30. The maximum Gasteiger partial charge on any atom is 0.277 e. The van der Waals surface area contributed by atoms with E-state index in [-0.39, 0.29) is 5.91 Å². The molecule has 3 rings (SSSR count). The van der Waals surface area contributed by atoms with Gasteiger partial charge in [-0.15, -0.1) is 10.2 Å². The van der Waals surface area contributed by atoms with Crippen LogP contribution < -0.4 is 0 Å². The van der Waals surface area contributed by atoms with Crippen molar-refractivity contribution in [1.29, 1.82) is 0 Å². The van der Waals surface area contributed by atoms with Crippen molar-refractivity contribution in [2.45, 2.75) is 38.8 Å². The van der Waals surface area contributed by atoms with Crippen molar-refractivity contribution in [2.75, 3.05) is 18.8 Å². The number of hydrogen-bond donors (Lipinski definition) is 0. The second-order valence-electron chi connectivity index (χ2n) is 6.63. The number of carbonyl (C=O) groups excluding carboxylic acids is 1. The topological polar surface area (TPSA) is 59.2 Å². The average Bonchev–Trinajstić information content (AvgIpc) is 3.00. The molecule has 0 aliphatic carbocycles. The molecule has 1 amide bonds. The van der Waals surface area contributed by atoms with Crippen LogP contribution in [0.1, 0.15) is 30.9 Å². The van der Waals surface area contributed by atoms with E-state index in [2.05, 4.69) is 23.2 Å². The van der Waals surface area contributed by atoms with Gasteiger partial charge in [0, 0.05) is 18.7 Å². The third kappa shape index (κ3) is 4.17. The monoisotopic (exact) mass is 345 g/mol. The highest BCUT2D eigenvalue weighted by atomic mass is 32.2. The van der Waals surface area contributed by atoms with Gasteiger partial charge in [-0.3, -0.25) is 4.79 Å².